The Morgan fingerprint density at radius 2 is 2.12 bits per heavy atom. The van der Waals surface area contributed by atoms with E-state index >= 15 is 0 Å². The molecule has 0 radical (unpaired) electrons. The Morgan fingerprint density at radius 1 is 1.25 bits per heavy atom. The molecule has 2 nitrogen and oxygen atoms in total. The summed E-state index contributed by atoms with van der Waals surface area (Å²) in [7, 11) is 0. The van der Waals surface area contributed by atoms with Crippen molar-refractivity contribution < 1.29 is 9.18 Å². The van der Waals surface area contributed by atoms with Crippen molar-refractivity contribution in [3.63, 3.8) is 0 Å². The molecule has 2 heterocycles. The van der Waals surface area contributed by atoms with Crippen LogP contribution in [0, 0.1) is 5.82 Å². The lowest BCUT2D eigenvalue weighted by Crippen LogP contribution is -2.30. The molecule has 0 saturated heterocycles. The number of Topliss-reactive ketones (excluding diaryl/α,β-unsaturated/α-hetero) is 1. The highest BCUT2D eigenvalue weighted by atomic mass is 32.2. The minimum atomic E-state index is -0.219. The fraction of sp³-hybridized carbons (Fsp3) is 0.350. The van der Waals surface area contributed by atoms with Gasteiger partial charge in [-0.25, -0.2) is 4.39 Å². The van der Waals surface area contributed by atoms with E-state index in [1.807, 2.05) is 36.9 Å². The molecule has 3 aliphatic rings. The van der Waals surface area contributed by atoms with E-state index in [0.29, 0.717) is 12.0 Å². The van der Waals surface area contributed by atoms with Crippen LogP contribution in [0.1, 0.15) is 49.7 Å². The average molecular weight is 341 g/mol. The Balaban J connectivity index is 1.86. The highest BCUT2D eigenvalue weighted by Gasteiger charge is 2.38. The van der Waals surface area contributed by atoms with Gasteiger partial charge in [0.25, 0.3) is 0 Å². The molecule has 4 rings (SSSR count). The van der Waals surface area contributed by atoms with E-state index in [2.05, 4.69) is 5.32 Å². The monoisotopic (exact) mass is 341 g/mol. The zero-order valence-corrected chi connectivity index (χ0v) is 14.5. The summed E-state index contributed by atoms with van der Waals surface area (Å²) in [5.41, 5.74) is 4.87. The third kappa shape index (κ3) is 2.53. The van der Waals surface area contributed by atoms with Crippen LogP contribution in [0.2, 0.25) is 0 Å². The molecule has 0 bridgehead atoms. The van der Waals surface area contributed by atoms with Crippen LogP contribution >= 0.6 is 11.8 Å². The van der Waals surface area contributed by atoms with Gasteiger partial charge < -0.3 is 5.32 Å². The third-order valence-electron chi connectivity index (χ3n) is 4.92. The molecular weight excluding hydrogens is 321 g/mol. The van der Waals surface area contributed by atoms with E-state index in [1.165, 1.54) is 16.7 Å². The molecule has 2 aliphatic heterocycles. The maximum Gasteiger partial charge on any atom is 0.161 e. The first-order valence-corrected chi connectivity index (χ1v) is 9.49. The molecule has 4 heteroatoms. The lowest BCUT2D eigenvalue weighted by Gasteiger charge is -2.33. The van der Waals surface area contributed by atoms with Gasteiger partial charge in [0.1, 0.15) is 5.82 Å². The van der Waals surface area contributed by atoms with Gasteiger partial charge in [-0.3, -0.25) is 4.79 Å². The molecule has 1 N–H and O–H groups in total. The minimum Gasteiger partial charge on any atom is -0.361 e. The number of carbonyl (C=O) groups excluding carboxylic acids is 1. The predicted molar refractivity (Wildman–Crippen MR) is 97.0 cm³/mol. The minimum absolute atomic E-state index is 0.0267. The lowest BCUT2D eigenvalue weighted by molar-refractivity contribution is -0.116. The molecule has 1 aromatic rings. The van der Waals surface area contributed by atoms with Gasteiger partial charge in [-0.15, -0.1) is 11.8 Å². The summed E-state index contributed by atoms with van der Waals surface area (Å²) in [4.78, 5) is 13.9. The highest BCUT2D eigenvalue weighted by molar-refractivity contribution is 8.03. The lowest BCUT2D eigenvalue weighted by atomic mass is 9.79. The molecule has 124 valence electrons. The van der Waals surface area contributed by atoms with E-state index in [1.54, 1.807) is 6.08 Å². The summed E-state index contributed by atoms with van der Waals surface area (Å²) in [6, 6.07) is 5.27. The molecule has 1 atom stereocenters. The van der Waals surface area contributed by atoms with E-state index in [0.717, 1.165) is 41.8 Å². The van der Waals surface area contributed by atoms with E-state index in [4.69, 9.17) is 0 Å². The summed E-state index contributed by atoms with van der Waals surface area (Å²) in [5.74, 6) is 1.04. The number of hydrogen-bond donors (Lipinski definition) is 1. The normalized spacial score (nSPS) is 23.6. The van der Waals surface area contributed by atoms with Crippen LogP contribution < -0.4 is 5.32 Å². The number of rotatable bonds is 2. The van der Waals surface area contributed by atoms with Gasteiger partial charge in [-0.2, -0.15) is 0 Å². The van der Waals surface area contributed by atoms with Gasteiger partial charge in [0.05, 0.1) is 0 Å². The number of hydrogen-bond acceptors (Lipinski definition) is 3. The van der Waals surface area contributed by atoms with Gasteiger partial charge >= 0.3 is 0 Å². The summed E-state index contributed by atoms with van der Waals surface area (Å²) in [6.45, 7) is 1.88. The Kier molecular flexibility index (Phi) is 4.09. The topological polar surface area (TPSA) is 29.1 Å². The number of halogens is 1. The number of thioether (sulfide) groups is 1. The number of allylic oxidation sites excluding steroid dienone is 5. The molecule has 0 saturated carbocycles. The van der Waals surface area contributed by atoms with Gasteiger partial charge in [0.15, 0.2) is 5.78 Å². The van der Waals surface area contributed by atoms with Crippen molar-refractivity contribution in [3.05, 3.63) is 63.1 Å². The van der Waals surface area contributed by atoms with E-state index in [9.17, 15) is 9.18 Å². The second-order valence-electron chi connectivity index (χ2n) is 6.45. The van der Waals surface area contributed by atoms with Crippen molar-refractivity contribution in [1.82, 2.24) is 5.32 Å². The fourth-order valence-electron chi connectivity index (χ4n) is 3.86. The first-order valence-electron chi connectivity index (χ1n) is 8.50. The Bertz CT molecular complexity index is 806. The molecule has 0 spiro atoms. The zero-order chi connectivity index (χ0) is 16.7. The molecule has 24 heavy (non-hydrogen) atoms. The summed E-state index contributed by atoms with van der Waals surface area (Å²) in [6.07, 6.45) is 7.12. The Morgan fingerprint density at radius 3 is 2.96 bits per heavy atom. The van der Waals surface area contributed by atoms with Gasteiger partial charge in [0.2, 0.25) is 0 Å². The van der Waals surface area contributed by atoms with Gasteiger partial charge in [-0.1, -0.05) is 18.2 Å². The molecule has 1 unspecified atom stereocenters. The van der Waals surface area contributed by atoms with Crippen molar-refractivity contribution >= 4 is 23.6 Å². The van der Waals surface area contributed by atoms with Crippen LogP contribution in [-0.2, 0) is 4.79 Å². The first-order chi connectivity index (χ1) is 11.7. The van der Waals surface area contributed by atoms with Crippen LogP contribution in [0.15, 0.2) is 46.1 Å². The fourth-order valence-corrected chi connectivity index (χ4v) is 5.14. The summed E-state index contributed by atoms with van der Waals surface area (Å²) in [5, 5.41) is 3.53. The van der Waals surface area contributed by atoms with Crippen LogP contribution in [0.3, 0.4) is 0 Å². The molecular formula is C20H20FNOS. The number of ketones is 1. The average Bonchev–Trinajstić information content (AvgIpc) is 3.03. The SMILES string of the molecule is CC=Cc1cc(C2C3=C(CCS3)NC3=C2C(=O)CCC3)ccc1F. The molecule has 0 fully saturated rings. The zero-order valence-electron chi connectivity index (χ0n) is 13.7. The number of benzene rings is 1. The summed E-state index contributed by atoms with van der Waals surface area (Å²) >= 11 is 1.83. The largest absolute Gasteiger partial charge is 0.361 e. The maximum atomic E-state index is 14.0. The Labute approximate surface area is 145 Å². The first kappa shape index (κ1) is 15.7. The van der Waals surface area contributed by atoms with Crippen molar-refractivity contribution in [2.75, 3.05) is 5.75 Å². The maximum absolute atomic E-state index is 14.0. The van der Waals surface area contributed by atoms with Crippen molar-refractivity contribution in [2.45, 2.75) is 38.5 Å². The molecule has 1 aliphatic carbocycles. The van der Waals surface area contributed by atoms with Gasteiger partial charge in [0, 0.05) is 45.5 Å². The van der Waals surface area contributed by atoms with Gasteiger partial charge in [-0.05, 0) is 43.9 Å². The van der Waals surface area contributed by atoms with E-state index in [-0.39, 0.29) is 17.5 Å². The number of nitrogens with one attached hydrogen (secondary N) is 1. The number of dihydropyridines is 1. The van der Waals surface area contributed by atoms with Crippen molar-refractivity contribution in [2.24, 2.45) is 0 Å². The molecule has 0 aromatic heterocycles. The summed E-state index contributed by atoms with van der Waals surface area (Å²) < 4.78 is 14.0. The predicted octanol–water partition coefficient (Wildman–Crippen LogP) is 4.90. The van der Waals surface area contributed by atoms with Crippen molar-refractivity contribution in [1.29, 1.82) is 0 Å². The van der Waals surface area contributed by atoms with Crippen molar-refractivity contribution in [3.8, 4) is 0 Å². The van der Waals surface area contributed by atoms with E-state index < -0.39 is 0 Å². The third-order valence-corrected chi connectivity index (χ3v) is 6.12. The number of carbonyl (C=O) groups is 1. The molecule has 1 aromatic carbocycles. The van der Waals surface area contributed by atoms with Crippen LogP contribution in [0.25, 0.3) is 6.08 Å². The second-order valence-corrected chi connectivity index (χ2v) is 7.59. The molecule has 0 amide bonds. The highest BCUT2D eigenvalue weighted by Crippen LogP contribution is 2.50. The Hall–Kier alpha value is -1.81. The van der Waals surface area contributed by atoms with Crippen LogP contribution in [0.4, 0.5) is 4.39 Å². The standard InChI is InChI=1S/C20H20FNOS/c1-2-4-12-11-13(7-8-14(12)21)18-19-15(5-3-6-17(19)23)22-16-9-10-24-20(16)18/h2,4,7-8,11,18,22H,3,5-6,9-10H2,1H3. The van der Waals surface area contributed by atoms with Crippen LogP contribution in [0.5, 0.6) is 0 Å². The van der Waals surface area contributed by atoms with Crippen LogP contribution in [-0.4, -0.2) is 11.5 Å². The smallest absolute Gasteiger partial charge is 0.161 e. The quantitative estimate of drug-likeness (QED) is 0.829. The second kappa shape index (κ2) is 6.25.